The molecule has 0 saturated heterocycles. The Kier molecular flexibility index (Phi) is 4.13. The first-order valence-electron chi connectivity index (χ1n) is 4.22. The summed E-state index contributed by atoms with van der Waals surface area (Å²) in [4.78, 5) is 0. The molecule has 0 aromatic carbocycles. The van der Waals surface area contributed by atoms with Crippen molar-refractivity contribution in [3.05, 3.63) is 0 Å². The second-order valence-electron chi connectivity index (χ2n) is 4.06. The first-order valence-corrected chi connectivity index (χ1v) is 4.22. The highest BCUT2D eigenvalue weighted by molar-refractivity contribution is 4.52. The van der Waals surface area contributed by atoms with Crippen molar-refractivity contribution < 1.29 is 14.3 Å². The van der Waals surface area contributed by atoms with Gasteiger partial charge in [-0.15, -0.1) is 0 Å². The number of aliphatic hydroxyl groups is 1. The SMILES string of the molecule is CCC(N)(O)OCC[N+](C)(C)C. The van der Waals surface area contributed by atoms with Crippen LogP contribution in [0.4, 0.5) is 0 Å². The van der Waals surface area contributed by atoms with Crippen molar-refractivity contribution in [1.82, 2.24) is 0 Å². The van der Waals surface area contributed by atoms with Gasteiger partial charge in [0.1, 0.15) is 13.2 Å². The van der Waals surface area contributed by atoms with Crippen LogP contribution >= 0.6 is 0 Å². The molecule has 3 N–H and O–H groups in total. The van der Waals surface area contributed by atoms with Crippen LogP contribution in [0.1, 0.15) is 13.3 Å². The number of ether oxygens (including phenoxy) is 1. The maximum atomic E-state index is 9.27. The number of hydrogen-bond donors (Lipinski definition) is 2. The van der Waals surface area contributed by atoms with E-state index in [-0.39, 0.29) is 0 Å². The van der Waals surface area contributed by atoms with Gasteiger partial charge in [0, 0.05) is 6.42 Å². The Morgan fingerprint density at radius 3 is 2.25 bits per heavy atom. The minimum Gasteiger partial charge on any atom is -0.353 e. The third-order valence-corrected chi connectivity index (χ3v) is 1.62. The zero-order valence-corrected chi connectivity index (χ0v) is 8.50. The molecule has 0 fully saturated rings. The monoisotopic (exact) mass is 177 g/mol. The minimum absolute atomic E-state index is 0.407. The zero-order chi connectivity index (χ0) is 9.83. The summed E-state index contributed by atoms with van der Waals surface area (Å²) in [5.74, 6) is -1.45. The van der Waals surface area contributed by atoms with Crippen LogP contribution in [-0.2, 0) is 4.74 Å². The van der Waals surface area contributed by atoms with E-state index in [1.165, 1.54) is 0 Å². The van der Waals surface area contributed by atoms with Gasteiger partial charge in [-0.2, -0.15) is 0 Å². The highest BCUT2D eigenvalue weighted by Crippen LogP contribution is 2.03. The van der Waals surface area contributed by atoms with Gasteiger partial charge in [-0.1, -0.05) is 6.92 Å². The average Bonchev–Trinajstić information content (AvgIpc) is 1.84. The quantitative estimate of drug-likeness (QED) is 0.449. The van der Waals surface area contributed by atoms with Crippen LogP contribution in [0.15, 0.2) is 0 Å². The van der Waals surface area contributed by atoms with Crippen molar-refractivity contribution in [2.45, 2.75) is 19.3 Å². The molecule has 12 heavy (non-hydrogen) atoms. The number of nitrogens with two attached hydrogens (primary N) is 1. The van der Waals surface area contributed by atoms with Gasteiger partial charge in [-0.25, -0.2) is 0 Å². The largest absolute Gasteiger partial charge is 0.353 e. The van der Waals surface area contributed by atoms with E-state index in [1.54, 1.807) is 6.92 Å². The van der Waals surface area contributed by atoms with Crippen LogP contribution < -0.4 is 5.73 Å². The van der Waals surface area contributed by atoms with Crippen molar-refractivity contribution in [2.24, 2.45) is 5.73 Å². The van der Waals surface area contributed by atoms with Gasteiger partial charge in [0.15, 0.2) is 0 Å². The summed E-state index contributed by atoms with van der Waals surface area (Å²) in [6.45, 7) is 3.09. The van der Waals surface area contributed by atoms with E-state index in [9.17, 15) is 5.11 Å². The minimum atomic E-state index is -1.45. The van der Waals surface area contributed by atoms with Gasteiger partial charge in [0.2, 0.25) is 5.91 Å². The predicted octanol–water partition coefficient (Wildman–Crippen LogP) is -0.276. The lowest BCUT2D eigenvalue weighted by Crippen LogP contribution is -2.45. The molecular formula is C8H21N2O2+. The second-order valence-corrected chi connectivity index (χ2v) is 4.06. The van der Waals surface area contributed by atoms with E-state index in [4.69, 9.17) is 10.5 Å². The molecule has 0 amide bonds. The van der Waals surface area contributed by atoms with Gasteiger partial charge in [-0.3, -0.25) is 5.73 Å². The molecule has 0 aliphatic heterocycles. The predicted molar refractivity (Wildman–Crippen MR) is 48.3 cm³/mol. The Morgan fingerprint density at radius 1 is 1.42 bits per heavy atom. The first kappa shape index (κ1) is 11.8. The first-order chi connectivity index (χ1) is 5.27. The number of quaternary nitrogens is 1. The molecule has 0 aliphatic rings. The number of likely N-dealkylation sites (N-methyl/N-ethyl adjacent to an activating group) is 1. The average molecular weight is 177 g/mol. The second kappa shape index (κ2) is 4.18. The molecule has 0 saturated carbocycles. The van der Waals surface area contributed by atoms with Gasteiger partial charge in [0.05, 0.1) is 21.1 Å². The smallest absolute Gasteiger partial charge is 0.222 e. The van der Waals surface area contributed by atoms with Crippen LogP contribution in [0, 0.1) is 0 Å². The molecule has 0 heterocycles. The number of rotatable bonds is 5. The summed E-state index contributed by atoms with van der Waals surface area (Å²) in [6, 6.07) is 0. The summed E-state index contributed by atoms with van der Waals surface area (Å²) < 4.78 is 5.88. The number of nitrogens with zero attached hydrogens (tertiary/aromatic N) is 1. The zero-order valence-electron chi connectivity index (χ0n) is 8.50. The fourth-order valence-electron chi connectivity index (χ4n) is 0.598. The van der Waals surface area contributed by atoms with Crippen LogP contribution in [0.5, 0.6) is 0 Å². The lowest BCUT2D eigenvalue weighted by atomic mass is 10.4. The normalized spacial score (nSPS) is 17.5. The van der Waals surface area contributed by atoms with Crippen LogP contribution in [0.2, 0.25) is 0 Å². The third-order valence-electron chi connectivity index (χ3n) is 1.62. The molecule has 0 radical (unpaired) electrons. The molecule has 74 valence electrons. The summed E-state index contributed by atoms with van der Waals surface area (Å²) >= 11 is 0. The molecule has 0 spiro atoms. The van der Waals surface area contributed by atoms with Crippen molar-refractivity contribution in [3.8, 4) is 0 Å². The lowest BCUT2D eigenvalue weighted by Gasteiger charge is -2.27. The molecule has 0 bridgehead atoms. The summed E-state index contributed by atoms with van der Waals surface area (Å²) in [5, 5.41) is 9.27. The van der Waals surface area contributed by atoms with Gasteiger partial charge < -0.3 is 14.3 Å². The maximum absolute atomic E-state index is 9.27. The molecular weight excluding hydrogens is 156 g/mol. The summed E-state index contributed by atoms with van der Waals surface area (Å²) in [6.07, 6.45) is 0.407. The topological polar surface area (TPSA) is 55.5 Å². The molecule has 0 aromatic heterocycles. The third kappa shape index (κ3) is 6.54. The highest BCUT2D eigenvalue weighted by atomic mass is 16.6. The van der Waals surface area contributed by atoms with E-state index in [1.807, 2.05) is 0 Å². The molecule has 0 rings (SSSR count). The molecule has 1 atom stereocenters. The Labute approximate surface area is 74.5 Å². The van der Waals surface area contributed by atoms with E-state index in [2.05, 4.69) is 21.1 Å². The molecule has 4 heteroatoms. The molecule has 0 aromatic rings. The molecule has 1 unspecified atom stereocenters. The Hall–Kier alpha value is -0.160. The van der Waals surface area contributed by atoms with Gasteiger partial charge in [-0.05, 0) is 0 Å². The number of hydrogen-bond acceptors (Lipinski definition) is 3. The van der Waals surface area contributed by atoms with E-state index >= 15 is 0 Å². The van der Waals surface area contributed by atoms with Crippen LogP contribution in [0.3, 0.4) is 0 Å². The Morgan fingerprint density at radius 2 is 1.92 bits per heavy atom. The fraction of sp³-hybridized carbons (Fsp3) is 1.00. The fourth-order valence-corrected chi connectivity index (χ4v) is 0.598. The van der Waals surface area contributed by atoms with Crippen molar-refractivity contribution in [1.29, 1.82) is 0 Å². The van der Waals surface area contributed by atoms with E-state index in [0.29, 0.717) is 13.0 Å². The van der Waals surface area contributed by atoms with Crippen LogP contribution in [-0.4, -0.2) is 49.8 Å². The van der Waals surface area contributed by atoms with Crippen molar-refractivity contribution in [2.75, 3.05) is 34.3 Å². The van der Waals surface area contributed by atoms with Gasteiger partial charge >= 0.3 is 0 Å². The van der Waals surface area contributed by atoms with E-state index < -0.39 is 5.91 Å². The van der Waals surface area contributed by atoms with Crippen molar-refractivity contribution >= 4 is 0 Å². The van der Waals surface area contributed by atoms with Crippen LogP contribution in [0.25, 0.3) is 0 Å². The van der Waals surface area contributed by atoms with Gasteiger partial charge in [0.25, 0.3) is 0 Å². The Bertz CT molecular complexity index is 130. The maximum Gasteiger partial charge on any atom is 0.222 e. The standard InChI is InChI=1S/C8H21N2O2/c1-5-8(9,11)12-7-6-10(2,3)4/h11H,5-7,9H2,1-4H3/q+1. The Balaban J connectivity index is 3.57. The van der Waals surface area contributed by atoms with Crippen molar-refractivity contribution in [3.63, 3.8) is 0 Å². The summed E-state index contributed by atoms with van der Waals surface area (Å²) in [5.41, 5.74) is 5.37. The molecule has 4 nitrogen and oxygen atoms in total. The van der Waals surface area contributed by atoms with E-state index in [0.717, 1.165) is 11.0 Å². The summed E-state index contributed by atoms with van der Waals surface area (Å²) in [7, 11) is 6.18. The molecule has 0 aliphatic carbocycles. The lowest BCUT2D eigenvalue weighted by molar-refractivity contribution is -0.871. The highest BCUT2D eigenvalue weighted by Gasteiger charge is 2.19.